The Bertz CT molecular complexity index is 913. The molecule has 0 aliphatic heterocycles. The van der Waals surface area contributed by atoms with Gasteiger partial charge in [0.05, 0.1) is 0 Å². The maximum atomic E-state index is 13.2. The lowest BCUT2D eigenvalue weighted by Crippen LogP contribution is -2.14. The monoisotopic (exact) mass is 340 g/mol. The fourth-order valence-electron chi connectivity index (χ4n) is 2.14. The molecule has 25 heavy (non-hydrogen) atoms. The summed E-state index contributed by atoms with van der Waals surface area (Å²) in [4.78, 5) is 12.0. The summed E-state index contributed by atoms with van der Waals surface area (Å²) < 4.78 is 26.1. The largest absolute Gasteiger partial charge is 0.339 e. The van der Waals surface area contributed by atoms with Crippen LogP contribution in [0, 0.1) is 18.6 Å². The zero-order chi connectivity index (χ0) is 17.8. The summed E-state index contributed by atoms with van der Waals surface area (Å²) in [5, 5.41) is 13.5. The lowest BCUT2D eigenvalue weighted by atomic mass is 10.2. The Balaban J connectivity index is 1.69. The van der Waals surface area contributed by atoms with Crippen molar-refractivity contribution in [2.45, 2.75) is 6.92 Å². The lowest BCUT2D eigenvalue weighted by Gasteiger charge is -2.09. The van der Waals surface area contributed by atoms with Gasteiger partial charge in [-0.1, -0.05) is 18.2 Å². The van der Waals surface area contributed by atoms with Crippen molar-refractivity contribution in [3.05, 3.63) is 77.4 Å². The number of carbonyl (C=O) groups excluding carboxylic acids is 1. The van der Waals surface area contributed by atoms with Crippen molar-refractivity contribution in [1.82, 2.24) is 10.2 Å². The number of rotatable bonds is 4. The van der Waals surface area contributed by atoms with Crippen molar-refractivity contribution in [2.24, 2.45) is 0 Å². The fraction of sp³-hybridized carbons (Fsp3) is 0.0556. The minimum atomic E-state index is -1.09. The van der Waals surface area contributed by atoms with E-state index in [9.17, 15) is 13.6 Å². The fourth-order valence-corrected chi connectivity index (χ4v) is 2.14. The first-order chi connectivity index (χ1) is 12.0. The molecule has 126 valence electrons. The molecule has 0 radical (unpaired) electrons. The third-order valence-electron chi connectivity index (χ3n) is 3.50. The number of halogens is 2. The predicted octanol–water partition coefficient (Wildman–Crippen LogP) is 4.06. The average Bonchev–Trinajstić information content (AvgIpc) is 2.61. The second kappa shape index (κ2) is 7.04. The topological polar surface area (TPSA) is 66.9 Å². The molecule has 0 unspecified atom stereocenters. The molecule has 1 amide bonds. The minimum Gasteiger partial charge on any atom is -0.339 e. The van der Waals surface area contributed by atoms with Gasteiger partial charge in [-0.2, -0.15) is 0 Å². The highest BCUT2D eigenvalue weighted by atomic mass is 19.2. The number of carbonyl (C=O) groups is 1. The Morgan fingerprint density at radius 3 is 2.32 bits per heavy atom. The summed E-state index contributed by atoms with van der Waals surface area (Å²) in [6, 6.07) is 13.8. The van der Waals surface area contributed by atoms with Gasteiger partial charge < -0.3 is 10.6 Å². The van der Waals surface area contributed by atoms with Gasteiger partial charge in [0.25, 0.3) is 5.91 Å². The minimum absolute atomic E-state index is 0.0113. The van der Waals surface area contributed by atoms with E-state index in [2.05, 4.69) is 20.8 Å². The number of aryl methyl sites for hydroxylation is 1. The van der Waals surface area contributed by atoms with E-state index < -0.39 is 17.5 Å². The number of amides is 1. The maximum Gasteiger partial charge on any atom is 0.256 e. The van der Waals surface area contributed by atoms with Gasteiger partial charge in [-0.05, 0) is 48.9 Å². The molecule has 0 fully saturated rings. The van der Waals surface area contributed by atoms with Gasteiger partial charge in [0.15, 0.2) is 23.3 Å². The van der Waals surface area contributed by atoms with E-state index in [-0.39, 0.29) is 11.4 Å². The molecule has 7 heteroatoms. The number of benzene rings is 2. The molecule has 0 bridgehead atoms. The normalized spacial score (nSPS) is 10.4. The smallest absolute Gasteiger partial charge is 0.256 e. The van der Waals surface area contributed by atoms with Crippen LogP contribution in [0.15, 0.2) is 54.6 Å². The second-order valence-electron chi connectivity index (χ2n) is 5.33. The van der Waals surface area contributed by atoms with Crippen LogP contribution in [0.4, 0.5) is 26.1 Å². The molecule has 2 aromatic carbocycles. The van der Waals surface area contributed by atoms with Crippen LogP contribution in [0.25, 0.3) is 0 Å². The molecule has 2 N–H and O–H groups in total. The van der Waals surface area contributed by atoms with Crippen molar-refractivity contribution in [3.8, 4) is 0 Å². The van der Waals surface area contributed by atoms with Crippen LogP contribution in [0.5, 0.6) is 0 Å². The van der Waals surface area contributed by atoms with Gasteiger partial charge in [0.2, 0.25) is 0 Å². The summed E-state index contributed by atoms with van der Waals surface area (Å²) in [6.07, 6.45) is 0. The summed E-state index contributed by atoms with van der Waals surface area (Å²) >= 11 is 0. The Morgan fingerprint density at radius 2 is 1.64 bits per heavy atom. The molecular formula is C18H14F2N4O. The predicted molar refractivity (Wildman–Crippen MR) is 90.8 cm³/mol. The molecule has 3 rings (SSSR count). The van der Waals surface area contributed by atoms with Crippen molar-refractivity contribution in [3.63, 3.8) is 0 Å². The van der Waals surface area contributed by atoms with Gasteiger partial charge in [0, 0.05) is 11.3 Å². The van der Waals surface area contributed by atoms with Crippen molar-refractivity contribution < 1.29 is 13.6 Å². The highest BCUT2D eigenvalue weighted by molar-refractivity contribution is 6.03. The molecule has 0 spiro atoms. The van der Waals surface area contributed by atoms with Crippen molar-refractivity contribution in [1.29, 1.82) is 0 Å². The molecule has 1 aromatic heterocycles. The van der Waals surface area contributed by atoms with E-state index in [1.165, 1.54) is 6.07 Å². The Morgan fingerprint density at radius 1 is 0.920 bits per heavy atom. The first kappa shape index (κ1) is 16.5. The zero-order valence-electron chi connectivity index (χ0n) is 13.3. The molecule has 5 nitrogen and oxygen atoms in total. The number of hydrogen-bond acceptors (Lipinski definition) is 4. The van der Waals surface area contributed by atoms with Crippen LogP contribution < -0.4 is 10.6 Å². The first-order valence-electron chi connectivity index (χ1n) is 7.46. The van der Waals surface area contributed by atoms with Gasteiger partial charge in [-0.15, -0.1) is 10.2 Å². The first-order valence-corrected chi connectivity index (χ1v) is 7.46. The summed E-state index contributed by atoms with van der Waals surface area (Å²) in [7, 11) is 0. The molecule has 3 aromatic rings. The molecule has 1 heterocycles. The molecule has 0 atom stereocenters. The van der Waals surface area contributed by atoms with Gasteiger partial charge in [0.1, 0.15) is 0 Å². The highest BCUT2D eigenvalue weighted by Crippen LogP contribution is 2.18. The Kier molecular flexibility index (Phi) is 4.65. The van der Waals surface area contributed by atoms with Crippen LogP contribution in [0.3, 0.4) is 0 Å². The number of anilines is 3. The quantitative estimate of drug-likeness (QED) is 0.752. The number of aromatic nitrogens is 2. The third-order valence-corrected chi connectivity index (χ3v) is 3.50. The zero-order valence-corrected chi connectivity index (χ0v) is 13.3. The van der Waals surface area contributed by atoms with Crippen LogP contribution in [-0.2, 0) is 0 Å². The van der Waals surface area contributed by atoms with Crippen LogP contribution in [-0.4, -0.2) is 16.1 Å². The van der Waals surface area contributed by atoms with Gasteiger partial charge in [-0.25, -0.2) is 8.78 Å². The summed E-state index contributed by atoms with van der Waals surface area (Å²) in [5.41, 5.74) is 1.94. The van der Waals surface area contributed by atoms with E-state index in [0.717, 1.165) is 23.4 Å². The number of hydrogen-bond donors (Lipinski definition) is 2. The maximum absolute atomic E-state index is 13.2. The van der Waals surface area contributed by atoms with E-state index in [1.54, 1.807) is 12.1 Å². The van der Waals surface area contributed by atoms with Crippen molar-refractivity contribution in [2.75, 3.05) is 10.6 Å². The van der Waals surface area contributed by atoms with E-state index in [4.69, 9.17) is 0 Å². The van der Waals surface area contributed by atoms with Crippen LogP contribution >= 0.6 is 0 Å². The average molecular weight is 340 g/mol. The molecule has 0 saturated carbocycles. The lowest BCUT2D eigenvalue weighted by molar-refractivity contribution is 0.102. The molecular weight excluding hydrogens is 326 g/mol. The van der Waals surface area contributed by atoms with Crippen molar-refractivity contribution >= 4 is 23.2 Å². The standard InChI is InChI=1S/C18H14F2N4O/c1-11-4-2-3-5-15(11)21-16-8-9-17(24-23-16)22-18(25)12-6-7-13(19)14(20)10-12/h2-10H,1H3,(H,21,23)(H,22,24,25). The van der Waals surface area contributed by atoms with E-state index >= 15 is 0 Å². The summed E-state index contributed by atoms with van der Waals surface area (Å²) in [6.45, 7) is 1.96. The highest BCUT2D eigenvalue weighted by Gasteiger charge is 2.11. The van der Waals surface area contributed by atoms with Crippen LogP contribution in [0.2, 0.25) is 0 Å². The van der Waals surface area contributed by atoms with Gasteiger partial charge in [-0.3, -0.25) is 4.79 Å². The molecule has 0 saturated heterocycles. The summed E-state index contributed by atoms with van der Waals surface area (Å²) in [5.74, 6) is -1.99. The number of nitrogens with one attached hydrogen (secondary N) is 2. The third kappa shape index (κ3) is 3.95. The Labute approximate surface area is 142 Å². The second-order valence-corrected chi connectivity index (χ2v) is 5.33. The van der Waals surface area contributed by atoms with E-state index in [0.29, 0.717) is 5.82 Å². The number of para-hydroxylation sites is 1. The molecule has 0 aliphatic carbocycles. The van der Waals surface area contributed by atoms with Crippen LogP contribution in [0.1, 0.15) is 15.9 Å². The SMILES string of the molecule is Cc1ccccc1Nc1ccc(NC(=O)c2ccc(F)c(F)c2)nn1. The van der Waals surface area contributed by atoms with E-state index in [1.807, 2.05) is 31.2 Å². The molecule has 0 aliphatic rings. The van der Waals surface area contributed by atoms with Gasteiger partial charge >= 0.3 is 0 Å². The number of nitrogens with zero attached hydrogens (tertiary/aromatic N) is 2. The Hall–Kier alpha value is -3.35.